The van der Waals surface area contributed by atoms with Crippen molar-refractivity contribution in [3.63, 3.8) is 0 Å². The number of nitrogens with zero attached hydrogens (tertiary/aromatic N) is 2. The van der Waals surface area contributed by atoms with Gasteiger partial charge < -0.3 is 0 Å². The molecule has 3 heterocycles. The Morgan fingerprint density at radius 2 is 0.893 bits per heavy atom. The van der Waals surface area contributed by atoms with Crippen molar-refractivity contribution in [1.82, 2.24) is 9.97 Å². The standard InChI is InChI=1S/C52H38N2S2/c1-29(2)31-19-21-38-39-22-20-32(30(3)4)27-45(39)50-49(44(38)26-31)53-28-46(54-50)35-24-33(36-13-9-15-42-40-11-5-7-17-47(40)55-51(36)42)23-34(25-35)37-14-10-16-43-41-12-6-8-18-48(41)56-52(37)43/h5-30H,1-4H3. The van der Waals surface area contributed by atoms with E-state index in [2.05, 4.69) is 167 Å². The molecule has 0 fully saturated rings. The molecule has 0 unspecified atom stereocenters. The highest BCUT2D eigenvalue weighted by Gasteiger charge is 2.19. The summed E-state index contributed by atoms with van der Waals surface area (Å²) in [6.07, 6.45) is 2.00. The summed E-state index contributed by atoms with van der Waals surface area (Å²) in [4.78, 5) is 10.9. The lowest BCUT2D eigenvalue weighted by molar-refractivity contribution is 0.868. The summed E-state index contributed by atoms with van der Waals surface area (Å²) in [5.41, 5.74) is 11.3. The van der Waals surface area contributed by atoms with Crippen LogP contribution in [0.15, 0.2) is 146 Å². The normalized spacial score (nSPS) is 12.2. The van der Waals surface area contributed by atoms with Crippen molar-refractivity contribution < 1.29 is 0 Å². The maximum absolute atomic E-state index is 5.61. The molecular weight excluding hydrogens is 717 g/mol. The Balaban J connectivity index is 1.21. The molecule has 8 aromatic carbocycles. The van der Waals surface area contributed by atoms with Gasteiger partial charge in [-0.05, 0) is 98.5 Å². The third kappa shape index (κ3) is 5.20. The van der Waals surface area contributed by atoms with Crippen molar-refractivity contribution in [1.29, 1.82) is 0 Å². The van der Waals surface area contributed by atoms with Gasteiger partial charge in [0.25, 0.3) is 0 Å². The Morgan fingerprint density at radius 1 is 0.411 bits per heavy atom. The Kier molecular flexibility index (Phi) is 7.64. The van der Waals surface area contributed by atoms with Crippen LogP contribution >= 0.6 is 22.7 Å². The molecule has 3 aromatic heterocycles. The van der Waals surface area contributed by atoms with Crippen LogP contribution in [0.1, 0.15) is 50.7 Å². The Morgan fingerprint density at radius 3 is 1.43 bits per heavy atom. The summed E-state index contributed by atoms with van der Waals surface area (Å²) >= 11 is 3.75. The zero-order valence-electron chi connectivity index (χ0n) is 31.7. The van der Waals surface area contributed by atoms with Crippen LogP contribution < -0.4 is 0 Å². The van der Waals surface area contributed by atoms with Gasteiger partial charge in [0, 0.05) is 56.7 Å². The Labute approximate surface area is 333 Å². The minimum absolute atomic E-state index is 0.400. The fraction of sp³-hybridized carbons (Fsp3) is 0.115. The van der Waals surface area contributed by atoms with E-state index in [4.69, 9.17) is 9.97 Å². The van der Waals surface area contributed by atoms with Gasteiger partial charge in [-0.1, -0.05) is 125 Å². The van der Waals surface area contributed by atoms with E-state index in [-0.39, 0.29) is 0 Å². The molecule has 2 nitrogen and oxygen atoms in total. The largest absolute Gasteiger partial charge is 0.252 e. The van der Waals surface area contributed by atoms with Gasteiger partial charge in [-0.15, -0.1) is 22.7 Å². The van der Waals surface area contributed by atoms with Gasteiger partial charge in [0.2, 0.25) is 0 Å². The number of hydrogen-bond donors (Lipinski definition) is 0. The number of benzene rings is 8. The van der Waals surface area contributed by atoms with Crippen LogP contribution in [0.2, 0.25) is 0 Å². The van der Waals surface area contributed by atoms with Gasteiger partial charge >= 0.3 is 0 Å². The third-order valence-corrected chi connectivity index (χ3v) is 14.1. The van der Waals surface area contributed by atoms with Crippen molar-refractivity contribution >= 4 is 95.6 Å². The Hall–Kier alpha value is -5.94. The first-order valence-corrected chi connectivity index (χ1v) is 21.2. The maximum atomic E-state index is 5.61. The van der Waals surface area contributed by atoms with Crippen LogP contribution in [0.3, 0.4) is 0 Å². The molecule has 0 atom stereocenters. The highest BCUT2D eigenvalue weighted by molar-refractivity contribution is 7.26. The molecule has 0 aliphatic carbocycles. The van der Waals surface area contributed by atoms with Gasteiger partial charge in [0.05, 0.1) is 22.9 Å². The molecule has 11 rings (SSSR count). The topological polar surface area (TPSA) is 25.8 Å². The smallest absolute Gasteiger partial charge is 0.0979 e. The molecular formula is C52H38N2S2. The van der Waals surface area contributed by atoms with Crippen molar-refractivity contribution in [2.45, 2.75) is 39.5 Å². The van der Waals surface area contributed by atoms with Gasteiger partial charge in [-0.3, -0.25) is 4.98 Å². The monoisotopic (exact) mass is 754 g/mol. The minimum Gasteiger partial charge on any atom is -0.252 e. The second-order valence-electron chi connectivity index (χ2n) is 15.7. The number of rotatable bonds is 5. The molecule has 0 saturated carbocycles. The maximum Gasteiger partial charge on any atom is 0.0979 e. The van der Waals surface area contributed by atoms with Gasteiger partial charge in [-0.25, -0.2) is 4.98 Å². The van der Waals surface area contributed by atoms with Gasteiger partial charge in [0.1, 0.15) is 0 Å². The van der Waals surface area contributed by atoms with Crippen LogP contribution in [-0.2, 0) is 0 Å². The van der Waals surface area contributed by atoms with Gasteiger partial charge in [-0.2, -0.15) is 0 Å². The van der Waals surface area contributed by atoms with Crippen molar-refractivity contribution in [3.05, 3.63) is 157 Å². The average Bonchev–Trinajstić information content (AvgIpc) is 3.82. The van der Waals surface area contributed by atoms with Crippen molar-refractivity contribution in [2.24, 2.45) is 0 Å². The highest BCUT2D eigenvalue weighted by atomic mass is 32.1. The molecule has 56 heavy (non-hydrogen) atoms. The van der Waals surface area contributed by atoms with Crippen LogP contribution in [0.4, 0.5) is 0 Å². The third-order valence-electron chi connectivity index (χ3n) is 11.7. The molecule has 0 radical (unpaired) electrons. The molecule has 268 valence electrons. The molecule has 0 bridgehead atoms. The Bertz CT molecular complexity index is 3250. The lowest BCUT2D eigenvalue weighted by Gasteiger charge is -2.16. The predicted octanol–water partition coefficient (Wildman–Crippen LogP) is 15.9. The summed E-state index contributed by atoms with van der Waals surface area (Å²) in [7, 11) is 0. The van der Waals surface area contributed by atoms with E-state index in [0.717, 1.165) is 33.1 Å². The number of aromatic nitrogens is 2. The fourth-order valence-electron chi connectivity index (χ4n) is 8.65. The number of thiophene rings is 2. The molecule has 4 heteroatoms. The lowest BCUT2D eigenvalue weighted by atomic mass is 9.92. The van der Waals surface area contributed by atoms with Crippen molar-refractivity contribution in [3.8, 4) is 33.5 Å². The molecule has 0 saturated heterocycles. The van der Waals surface area contributed by atoms with Crippen LogP contribution in [0.25, 0.3) is 106 Å². The average molecular weight is 755 g/mol. The second kappa shape index (κ2) is 12.8. The van der Waals surface area contributed by atoms with Crippen LogP contribution in [0, 0.1) is 0 Å². The summed E-state index contributed by atoms with van der Waals surface area (Å²) in [6, 6.07) is 51.9. The molecule has 0 N–H and O–H groups in total. The first-order valence-electron chi connectivity index (χ1n) is 19.5. The number of hydrogen-bond acceptors (Lipinski definition) is 4. The SMILES string of the molecule is CC(C)c1ccc2c3ccc(C(C)C)cc3c3nc(-c4cc(-c5cccc6c5sc5ccccc56)cc(-c5cccc6c5sc5ccccc56)c4)cnc3c2c1. The molecule has 0 amide bonds. The predicted molar refractivity (Wildman–Crippen MR) is 245 cm³/mol. The van der Waals surface area contributed by atoms with Crippen molar-refractivity contribution in [2.75, 3.05) is 0 Å². The zero-order valence-corrected chi connectivity index (χ0v) is 33.4. The molecule has 0 spiro atoms. The summed E-state index contributed by atoms with van der Waals surface area (Å²) < 4.78 is 5.23. The van der Waals surface area contributed by atoms with E-state index in [0.29, 0.717) is 11.8 Å². The summed E-state index contributed by atoms with van der Waals surface area (Å²) in [6.45, 7) is 9.04. The fourth-order valence-corrected chi connectivity index (χ4v) is 11.1. The molecule has 11 aromatic rings. The summed E-state index contributed by atoms with van der Waals surface area (Å²) in [5, 5.41) is 9.99. The highest BCUT2D eigenvalue weighted by Crippen LogP contribution is 2.45. The first-order chi connectivity index (χ1) is 27.4. The van der Waals surface area contributed by atoms with Gasteiger partial charge in [0.15, 0.2) is 0 Å². The quantitative estimate of drug-likeness (QED) is 0.164. The molecule has 0 aliphatic rings. The van der Waals surface area contributed by atoms with E-state index in [9.17, 15) is 0 Å². The van der Waals surface area contributed by atoms with Crippen LogP contribution in [0.5, 0.6) is 0 Å². The minimum atomic E-state index is 0.400. The van der Waals surface area contributed by atoms with E-state index < -0.39 is 0 Å². The lowest BCUT2D eigenvalue weighted by Crippen LogP contribution is -1.96. The molecule has 0 aliphatic heterocycles. The zero-order chi connectivity index (χ0) is 37.7. The summed E-state index contributed by atoms with van der Waals surface area (Å²) in [5.74, 6) is 0.815. The van der Waals surface area contributed by atoms with E-state index in [1.54, 1.807) is 0 Å². The van der Waals surface area contributed by atoms with Crippen LogP contribution in [-0.4, -0.2) is 9.97 Å². The second-order valence-corrected chi connectivity index (χ2v) is 17.8. The first kappa shape index (κ1) is 33.4. The van der Waals surface area contributed by atoms with E-state index in [1.165, 1.54) is 84.5 Å². The van der Waals surface area contributed by atoms with E-state index in [1.807, 2.05) is 28.9 Å². The number of fused-ring (bicyclic) bond motifs is 12. The van der Waals surface area contributed by atoms with E-state index >= 15 is 0 Å².